The maximum Gasteiger partial charge on any atom is 0.0494 e. The molecule has 2 nitrogen and oxygen atoms in total. The van der Waals surface area contributed by atoms with Crippen LogP contribution in [0, 0.1) is 6.92 Å². The molecule has 2 rings (SSSR count). The molecule has 2 aromatic rings. The molecule has 0 unspecified atom stereocenters. The van der Waals surface area contributed by atoms with Crippen LogP contribution in [0.5, 0.6) is 0 Å². The lowest BCUT2D eigenvalue weighted by molar-refractivity contribution is 0.935. The second kappa shape index (κ2) is 3.76. The molecule has 0 atom stereocenters. The van der Waals surface area contributed by atoms with E-state index >= 15 is 0 Å². The topological polar surface area (TPSA) is 38.9 Å². The molecule has 1 aromatic carbocycles. The summed E-state index contributed by atoms with van der Waals surface area (Å²) in [6.07, 6.45) is 2.70. The molecule has 14 heavy (non-hydrogen) atoms. The number of benzene rings is 1. The van der Waals surface area contributed by atoms with Crippen molar-refractivity contribution >= 4 is 10.8 Å². The number of hydrogen-bond acceptors (Lipinski definition) is 2. The van der Waals surface area contributed by atoms with Gasteiger partial charge in [-0.25, -0.2) is 0 Å². The summed E-state index contributed by atoms with van der Waals surface area (Å²) in [6.45, 7) is 2.75. The van der Waals surface area contributed by atoms with Gasteiger partial charge < -0.3 is 5.73 Å². The number of hydrogen-bond donors (Lipinski definition) is 1. The summed E-state index contributed by atoms with van der Waals surface area (Å²) in [6, 6.07) is 8.46. The van der Waals surface area contributed by atoms with Gasteiger partial charge in [-0.1, -0.05) is 17.7 Å². The Morgan fingerprint density at radius 3 is 2.93 bits per heavy atom. The Morgan fingerprint density at radius 1 is 1.29 bits per heavy atom. The number of aryl methyl sites for hydroxylation is 1. The second-order valence-corrected chi connectivity index (χ2v) is 3.52. The SMILES string of the molecule is Cc1ccc2ccnc(CCN)c2c1. The molecule has 1 heterocycles. The van der Waals surface area contributed by atoms with E-state index in [0.29, 0.717) is 6.54 Å². The highest BCUT2D eigenvalue weighted by atomic mass is 14.7. The van der Waals surface area contributed by atoms with Gasteiger partial charge in [0, 0.05) is 23.7 Å². The van der Waals surface area contributed by atoms with E-state index in [4.69, 9.17) is 5.73 Å². The summed E-state index contributed by atoms with van der Waals surface area (Å²) in [7, 11) is 0. The first-order chi connectivity index (χ1) is 6.81. The molecule has 0 fully saturated rings. The highest BCUT2D eigenvalue weighted by Crippen LogP contribution is 2.18. The number of aromatic nitrogens is 1. The number of nitrogens with zero attached hydrogens (tertiary/aromatic N) is 1. The smallest absolute Gasteiger partial charge is 0.0494 e. The fraction of sp³-hybridized carbons (Fsp3) is 0.250. The molecule has 1 aromatic heterocycles. The summed E-state index contributed by atoms with van der Waals surface area (Å²) in [5.74, 6) is 0. The molecule has 0 amide bonds. The van der Waals surface area contributed by atoms with Crippen LogP contribution in [0.1, 0.15) is 11.3 Å². The van der Waals surface area contributed by atoms with Crippen LogP contribution in [-0.4, -0.2) is 11.5 Å². The van der Waals surface area contributed by atoms with Crippen LogP contribution in [0.3, 0.4) is 0 Å². The van der Waals surface area contributed by atoms with Gasteiger partial charge >= 0.3 is 0 Å². The van der Waals surface area contributed by atoms with Crippen molar-refractivity contribution in [2.24, 2.45) is 5.73 Å². The van der Waals surface area contributed by atoms with Crippen molar-refractivity contribution in [3.8, 4) is 0 Å². The standard InChI is InChI=1S/C12H14N2/c1-9-2-3-10-5-7-14-12(4-6-13)11(10)8-9/h2-3,5,7-8H,4,6,13H2,1H3. The first-order valence-electron chi connectivity index (χ1n) is 4.85. The van der Waals surface area contributed by atoms with E-state index in [9.17, 15) is 0 Å². The minimum Gasteiger partial charge on any atom is -0.330 e. The van der Waals surface area contributed by atoms with Crippen molar-refractivity contribution in [1.82, 2.24) is 4.98 Å². The van der Waals surface area contributed by atoms with Gasteiger partial charge in [0.1, 0.15) is 0 Å². The van der Waals surface area contributed by atoms with E-state index in [2.05, 4.69) is 30.1 Å². The molecule has 0 saturated carbocycles. The maximum absolute atomic E-state index is 5.55. The van der Waals surface area contributed by atoms with E-state index in [-0.39, 0.29) is 0 Å². The van der Waals surface area contributed by atoms with E-state index in [1.165, 1.54) is 16.3 Å². The zero-order valence-electron chi connectivity index (χ0n) is 8.33. The van der Waals surface area contributed by atoms with Crippen LogP contribution in [0.25, 0.3) is 10.8 Å². The molecular weight excluding hydrogens is 172 g/mol. The Kier molecular flexibility index (Phi) is 2.46. The Bertz CT molecular complexity index is 449. The van der Waals surface area contributed by atoms with Crippen LogP contribution >= 0.6 is 0 Å². The van der Waals surface area contributed by atoms with E-state index in [1.807, 2.05) is 12.3 Å². The van der Waals surface area contributed by atoms with Crippen LogP contribution in [-0.2, 0) is 6.42 Å². The van der Waals surface area contributed by atoms with Crippen molar-refractivity contribution in [1.29, 1.82) is 0 Å². The second-order valence-electron chi connectivity index (χ2n) is 3.52. The first kappa shape index (κ1) is 9.16. The van der Waals surface area contributed by atoms with Gasteiger partial charge in [0.15, 0.2) is 0 Å². The Labute approximate surface area is 83.8 Å². The van der Waals surface area contributed by atoms with Crippen LogP contribution in [0.2, 0.25) is 0 Å². The molecule has 2 heteroatoms. The van der Waals surface area contributed by atoms with E-state index in [0.717, 1.165) is 12.1 Å². The number of pyridine rings is 1. The van der Waals surface area contributed by atoms with Gasteiger partial charge in [0.25, 0.3) is 0 Å². The molecule has 0 spiro atoms. The van der Waals surface area contributed by atoms with Crippen LogP contribution < -0.4 is 5.73 Å². The molecule has 0 saturated heterocycles. The van der Waals surface area contributed by atoms with Crippen molar-refractivity contribution in [3.63, 3.8) is 0 Å². The number of nitrogens with two attached hydrogens (primary N) is 1. The highest BCUT2D eigenvalue weighted by molar-refractivity contribution is 5.85. The molecule has 2 N–H and O–H groups in total. The zero-order chi connectivity index (χ0) is 9.97. The lowest BCUT2D eigenvalue weighted by Gasteiger charge is -2.04. The monoisotopic (exact) mass is 186 g/mol. The molecule has 0 bridgehead atoms. The van der Waals surface area contributed by atoms with Gasteiger partial charge in [-0.2, -0.15) is 0 Å². The third-order valence-electron chi connectivity index (χ3n) is 2.39. The van der Waals surface area contributed by atoms with Crippen molar-refractivity contribution in [3.05, 3.63) is 41.7 Å². The third-order valence-corrected chi connectivity index (χ3v) is 2.39. The quantitative estimate of drug-likeness (QED) is 0.779. The van der Waals surface area contributed by atoms with E-state index in [1.54, 1.807) is 0 Å². The lowest BCUT2D eigenvalue weighted by Crippen LogP contribution is -2.04. The summed E-state index contributed by atoms with van der Waals surface area (Å²) in [5, 5.41) is 2.48. The fourth-order valence-corrected chi connectivity index (χ4v) is 1.68. The average molecular weight is 186 g/mol. The predicted octanol–water partition coefficient (Wildman–Crippen LogP) is 2.04. The van der Waals surface area contributed by atoms with E-state index < -0.39 is 0 Å². The Morgan fingerprint density at radius 2 is 2.14 bits per heavy atom. The van der Waals surface area contributed by atoms with Gasteiger partial charge in [-0.05, 0) is 31.0 Å². The summed E-state index contributed by atoms with van der Waals surface area (Å²) >= 11 is 0. The molecule has 0 aliphatic rings. The predicted molar refractivity (Wildman–Crippen MR) is 59.2 cm³/mol. The Hall–Kier alpha value is -1.41. The molecule has 0 radical (unpaired) electrons. The van der Waals surface area contributed by atoms with Crippen LogP contribution in [0.15, 0.2) is 30.5 Å². The number of fused-ring (bicyclic) bond motifs is 1. The largest absolute Gasteiger partial charge is 0.330 e. The fourth-order valence-electron chi connectivity index (χ4n) is 1.68. The average Bonchev–Trinajstić information content (AvgIpc) is 2.19. The summed E-state index contributed by atoms with van der Waals surface area (Å²) < 4.78 is 0. The van der Waals surface area contributed by atoms with Gasteiger partial charge in [0.05, 0.1) is 0 Å². The van der Waals surface area contributed by atoms with Gasteiger partial charge in [-0.15, -0.1) is 0 Å². The molecular formula is C12H14N2. The van der Waals surface area contributed by atoms with Crippen molar-refractivity contribution in [2.45, 2.75) is 13.3 Å². The van der Waals surface area contributed by atoms with Gasteiger partial charge in [-0.3, -0.25) is 4.98 Å². The summed E-state index contributed by atoms with van der Waals surface area (Å²) in [5.41, 5.74) is 7.92. The minimum atomic E-state index is 0.653. The first-order valence-corrected chi connectivity index (χ1v) is 4.85. The summed E-state index contributed by atoms with van der Waals surface area (Å²) in [4.78, 5) is 4.36. The van der Waals surface area contributed by atoms with Crippen molar-refractivity contribution in [2.75, 3.05) is 6.54 Å². The number of rotatable bonds is 2. The molecule has 0 aliphatic carbocycles. The van der Waals surface area contributed by atoms with Crippen LogP contribution in [0.4, 0.5) is 0 Å². The third kappa shape index (κ3) is 1.61. The molecule has 0 aliphatic heterocycles. The van der Waals surface area contributed by atoms with Gasteiger partial charge in [0.2, 0.25) is 0 Å². The normalized spacial score (nSPS) is 10.7. The molecule has 72 valence electrons. The Balaban J connectivity index is 2.64. The maximum atomic E-state index is 5.55. The zero-order valence-corrected chi connectivity index (χ0v) is 8.33. The highest BCUT2D eigenvalue weighted by Gasteiger charge is 2.00. The lowest BCUT2D eigenvalue weighted by atomic mass is 10.1. The van der Waals surface area contributed by atoms with Crippen molar-refractivity contribution < 1.29 is 0 Å². The minimum absolute atomic E-state index is 0.653.